The van der Waals surface area contributed by atoms with Crippen molar-refractivity contribution >= 4 is 46.1 Å². The van der Waals surface area contributed by atoms with Crippen LogP contribution in [0.15, 0.2) is 67.0 Å². The largest absolute Gasteiger partial charge is 0.497 e. The van der Waals surface area contributed by atoms with Gasteiger partial charge < -0.3 is 29.3 Å². The minimum atomic E-state index is -0.230. The van der Waals surface area contributed by atoms with Crippen molar-refractivity contribution in [3.8, 4) is 5.75 Å². The van der Waals surface area contributed by atoms with Gasteiger partial charge in [-0.3, -0.25) is 14.4 Å². The van der Waals surface area contributed by atoms with E-state index in [1.165, 1.54) is 12.2 Å². The zero-order chi connectivity index (χ0) is 32.2. The van der Waals surface area contributed by atoms with E-state index in [0.717, 1.165) is 42.4 Å². The van der Waals surface area contributed by atoms with Crippen LogP contribution < -0.4 is 15.0 Å². The first-order valence-corrected chi connectivity index (χ1v) is 15.5. The molecule has 0 spiro atoms. The second-order valence-corrected chi connectivity index (χ2v) is 11.8. The van der Waals surface area contributed by atoms with Gasteiger partial charge in [0.05, 0.1) is 19.0 Å². The number of nitrogens with one attached hydrogen (secondary N) is 1. The molecule has 1 N–H and O–H groups in total. The van der Waals surface area contributed by atoms with Crippen molar-refractivity contribution in [1.82, 2.24) is 29.3 Å². The van der Waals surface area contributed by atoms with Gasteiger partial charge in [0.2, 0.25) is 11.9 Å². The Morgan fingerprint density at radius 2 is 1.67 bits per heavy atom. The van der Waals surface area contributed by atoms with Crippen LogP contribution in [0.4, 0.5) is 17.5 Å². The van der Waals surface area contributed by atoms with Crippen LogP contribution in [0.25, 0.3) is 11.0 Å². The summed E-state index contributed by atoms with van der Waals surface area (Å²) in [4.78, 5) is 57.6. The van der Waals surface area contributed by atoms with Gasteiger partial charge in [-0.15, -0.1) is 0 Å². The number of benzene rings is 1. The molecule has 1 aromatic carbocycles. The van der Waals surface area contributed by atoms with Gasteiger partial charge in [0, 0.05) is 69.5 Å². The molecule has 4 heterocycles. The SMILES string of the molecule is COc1ccc(C(=O)/C=C/C(=O)N2CCN(c3ccc(Nc4ncc5cc(C(=O)N(C)C)n(C6CCCC6)c5n4)nc3)CC2)cc1. The van der Waals surface area contributed by atoms with Gasteiger partial charge in [0.25, 0.3) is 5.91 Å². The molecule has 1 saturated carbocycles. The second-order valence-electron chi connectivity index (χ2n) is 11.8. The van der Waals surface area contributed by atoms with E-state index < -0.39 is 0 Å². The summed E-state index contributed by atoms with van der Waals surface area (Å²) >= 11 is 0. The monoisotopic (exact) mass is 622 g/mol. The Kier molecular flexibility index (Phi) is 8.95. The van der Waals surface area contributed by atoms with Crippen LogP contribution in [0.2, 0.25) is 0 Å². The molecule has 2 amide bonds. The molecule has 0 unspecified atom stereocenters. The lowest BCUT2D eigenvalue weighted by molar-refractivity contribution is -0.126. The fourth-order valence-electron chi connectivity index (χ4n) is 6.04. The fraction of sp³-hybridized carbons (Fsp3) is 0.353. The molecule has 0 atom stereocenters. The molecule has 3 aromatic heterocycles. The first-order chi connectivity index (χ1) is 22.3. The van der Waals surface area contributed by atoms with Crippen LogP contribution in [-0.4, -0.2) is 94.3 Å². The number of rotatable bonds is 9. The van der Waals surface area contributed by atoms with Gasteiger partial charge in [-0.25, -0.2) is 9.97 Å². The lowest BCUT2D eigenvalue weighted by Crippen LogP contribution is -2.48. The van der Waals surface area contributed by atoms with E-state index in [1.54, 1.807) is 67.7 Å². The van der Waals surface area contributed by atoms with Gasteiger partial charge in [0.15, 0.2) is 5.78 Å². The van der Waals surface area contributed by atoms with Gasteiger partial charge in [-0.2, -0.15) is 4.98 Å². The number of methoxy groups -OCH3 is 1. The van der Waals surface area contributed by atoms with Gasteiger partial charge in [0.1, 0.15) is 22.9 Å². The number of ether oxygens (including phenoxy) is 1. The van der Waals surface area contributed by atoms with Crippen molar-refractivity contribution in [3.05, 3.63) is 78.3 Å². The van der Waals surface area contributed by atoms with Gasteiger partial charge in [-0.05, 0) is 61.4 Å². The van der Waals surface area contributed by atoms with E-state index in [9.17, 15) is 14.4 Å². The molecule has 238 valence electrons. The fourth-order valence-corrected chi connectivity index (χ4v) is 6.04. The van der Waals surface area contributed by atoms with Gasteiger partial charge >= 0.3 is 0 Å². The molecule has 46 heavy (non-hydrogen) atoms. The number of carbonyl (C=O) groups is 3. The Hall–Kier alpha value is -5.26. The number of hydrogen-bond acceptors (Lipinski definition) is 9. The van der Waals surface area contributed by atoms with Gasteiger partial charge in [-0.1, -0.05) is 12.8 Å². The summed E-state index contributed by atoms with van der Waals surface area (Å²) in [5.74, 6) is 1.23. The number of nitrogens with zero attached hydrogens (tertiary/aromatic N) is 7. The van der Waals surface area contributed by atoms with Crippen molar-refractivity contribution in [2.45, 2.75) is 31.7 Å². The Labute approximate surface area is 267 Å². The standard InChI is InChI=1S/C34H38N8O4/c1-39(2)33(45)28-20-24-21-36-34(38-32(24)42(28)25-6-4-5-7-25)37-30-14-10-26(22-35-30)40-16-18-41(19-17-40)31(44)15-13-29(43)23-8-11-27(46-3)12-9-23/h8-15,20-22,25H,4-7,16-19H2,1-3H3,(H,35,36,37,38)/b15-13+. The molecule has 12 nitrogen and oxygen atoms in total. The predicted molar refractivity (Wildman–Crippen MR) is 176 cm³/mol. The Morgan fingerprint density at radius 1 is 0.935 bits per heavy atom. The number of aromatic nitrogens is 4. The lowest BCUT2D eigenvalue weighted by atomic mass is 10.1. The molecule has 4 aromatic rings. The molecule has 6 rings (SSSR count). The number of ketones is 1. The van der Waals surface area contributed by atoms with E-state index in [0.29, 0.717) is 55.0 Å². The minimum Gasteiger partial charge on any atom is -0.497 e. The maximum atomic E-state index is 13.0. The van der Waals surface area contributed by atoms with Crippen LogP contribution in [0.1, 0.15) is 52.6 Å². The van der Waals surface area contributed by atoms with Crippen molar-refractivity contribution in [3.63, 3.8) is 0 Å². The number of carbonyl (C=O) groups excluding carboxylic acids is 3. The zero-order valence-corrected chi connectivity index (χ0v) is 26.3. The van der Waals surface area contributed by atoms with E-state index >= 15 is 0 Å². The summed E-state index contributed by atoms with van der Waals surface area (Å²) in [6.45, 7) is 2.36. The summed E-state index contributed by atoms with van der Waals surface area (Å²) in [6, 6.07) is 12.8. The molecule has 12 heteroatoms. The van der Waals surface area contributed by atoms with Crippen molar-refractivity contribution in [2.24, 2.45) is 0 Å². The lowest BCUT2D eigenvalue weighted by Gasteiger charge is -2.35. The normalized spacial score (nSPS) is 15.5. The second kappa shape index (κ2) is 13.4. The average molecular weight is 623 g/mol. The summed E-state index contributed by atoms with van der Waals surface area (Å²) in [7, 11) is 5.09. The topological polar surface area (TPSA) is 126 Å². The molecule has 1 aliphatic carbocycles. The highest BCUT2D eigenvalue weighted by Gasteiger charge is 2.27. The number of fused-ring (bicyclic) bond motifs is 1. The first-order valence-electron chi connectivity index (χ1n) is 15.5. The summed E-state index contributed by atoms with van der Waals surface area (Å²) in [6.07, 6.45) is 10.5. The first kappa shape index (κ1) is 30.8. The van der Waals surface area contributed by atoms with E-state index in [4.69, 9.17) is 9.72 Å². The van der Waals surface area contributed by atoms with E-state index in [-0.39, 0.29) is 23.6 Å². The maximum absolute atomic E-state index is 13.0. The quantitative estimate of drug-likeness (QED) is 0.212. The van der Waals surface area contributed by atoms with Crippen molar-refractivity contribution in [2.75, 3.05) is 57.6 Å². The number of piperazine rings is 1. The summed E-state index contributed by atoms with van der Waals surface area (Å²) in [5.41, 5.74) is 2.83. The zero-order valence-electron chi connectivity index (χ0n) is 26.3. The van der Waals surface area contributed by atoms with Crippen LogP contribution in [0.3, 0.4) is 0 Å². The highest BCUT2D eigenvalue weighted by atomic mass is 16.5. The number of anilines is 3. The molecule has 2 fully saturated rings. The Morgan fingerprint density at radius 3 is 2.33 bits per heavy atom. The van der Waals surface area contributed by atoms with Crippen LogP contribution in [0, 0.1) is 0 Å². The third-order valence-electron chi connectivity index (χ3n) is 8.59. The molecule has 1 aliphatic heterocycles. The summed E-state index contributed by atoms with van der Waals surface area (Å²) in [5, 5.41) is 4.05. The highest BCUT2D eigenvalue weighted by Crippen LogP contribution is 2.35. The highest BCUT2D eigenvalue weighted by molar-refractivity contribution is 6.07. The van der Waals surface area contributed by atoms with Crippen LogP contribution >= 0.6 is 0 Å². The van der Waals surface area contributed by atoms with Crippen molar-refractivity contribution in [1.29, 1.82) is 0 Å². The van der Waals surface area contributed by atoms with Crippen molar-refractivity contribution < 1.29 is 19.1 Å². The number of allylic oxidation sites excluding steroid dienone is 1. The van der Waals surface area contributed by atoms with E-state index in [1.807, 2.05) is 18.2 Å². The molecule has 0 radical (unpaired) electrons. The third kappa shape index (κ3) is 6.56. The maximum Gasteiger partial charge on any atom is 0.270 e. The Bertz CT molecular complexity index is 1750. The number of hydrogen-bond donors (Lipinski definition) is 1. The number of amides is 2. The Balaban J connectivity index is 1.07. The van der Waals surface area contributed by atoms with Crippen LogP contribution in [-0.2, 0) is 4.79 Å². The molecular weight excluding hydrogens is 584 g/mol. The van der Waals surface area contributed by atoms with Crippen LogP contribution in [0.5, 0.6) is 5.75 Å². The predicted octanol–water partition coefficient (Wildman–Crippen LogP) is 4.48. The number of pyridine rings is 1. The molecule has 0 bridgehead atoms. The average Bonchev–Trinajstić information content (AvgIpc) is 3.75. The molecule has 2 aliphatic rings. The smallest absolute Gasteiger partial charge is 0.270 e. The molecule has 1 saturated heterocycles. The third-order valence-corrected chi connectivity index (χ3v) is 8.59. The summed E-state index contributed by atoms with van der Waals surface area (Å²) < 4.78 is 7.21. The minimum absolute atomic E-state index is 0.0434. The molecular formula is C34H38N8O4. The van der Waals surface area contributed by atoms with E-state index in [2.05, 4.69) is 24.8 Å².